The van der Waals surface area contributed by atoms with Gasteiger partial charge in [0.1, 0.15) is 5.82 Å². The Morgan fingerprint density at radius 3 is 2.52 bits per heavy atom. The van der Waals surface area contributed by atoms with Gasteiger partial charge in [0.05, 0.1) is 35.1 Å². The van der Waals surface area contributed by atoms with Gasteiger partial charge in [-0.05, 0) is 37.0 Å². The van der Waals surface area contributed by atoms with Gasteiger partial charge in [-0.25, -0.2) is 18.1 Å². The van der Waals surface area contributed by atoms with Crippen LogP contribution >= 0.6 is 0 Å². The van der Waals surface area contributed by atoms with Crippen molar-refractivity contribution < 1.29 is 8.42 Å². The molecule has 3 heterocycles. The lowest BCUT2D eigenvalue weighted by Gasteiger charge is -2.35. The average molecular weight is 437 g/mol. The highest BCUT2D eigenvalue weighted by molar-refractivity contribution is 7.88. The number of fused-ring (bicyclic) bond motifs is 1. The number of sulfonamides is 1. The minimum atomic E-state index is -3.17. The van der Waals surface area contributed by atoms with Crippen LogP contribution in [0.1, 0.15) is 24.8 Å². The summed E-state index contributed by atoms with van der Waals surface area (Å²) in [4.78, 5) is 6.61. The van der Waals surface area contributed by atoms with Crippen LogP contribution < -0.4 is 4.90 Å². The molecule has 1 aliphatic heterocycles. The molecule has 1 saturated carbocycles. The molecule has 5 rings (SSSR count). The highest BCUT2D eigenvalue weighted by Crippen LogP contribution is 2.43. The van der Waals surface area contributed by atoms with Crippen LogP contribution in [0, 0.1) is 11.3 Å². The van der Waals surface area contributed by atoms with Crippen LogP contribution in [0.4, 0.5) is 5.82 Å². The summed E-state index contributed by atoms with van der Waals surface area (Å²) < 4.78 is 26.9. The largest absolute Gasteiger partial charge is 0.354 e. The number of anilines is 1. The Morgan fingerprint density at radius 2 is 1.87 bits per heavy atom. The van der Waals surface area contributed by atoms with Crippen LogP contribution in [0.15, 0.2) is 42.7 Å². The lowest BCUT2D eigenvalue weighted by molar-refractivity contribution is 0.324. The Hall–Kier alpha value is -2.96. The van der Waals surface area contributed by atoms with Gasteiger partial charge in [-0.1, -0.05) is 12.1 Å². The molecule has 1 aliphatic carbocycles. The molecular weight excluding hydrogens is 412 g/mol. The van der Waals surface area contributed by atoms with Crippen LogP contribution in [-0.2, 0) is 15.4 Å². The smallest absolute Gasteiger partial charge is 0.211 e. The predicted molar refractivity (Wildman–Crippen MR) is 119 cm³/mol. The normalized spacial score (nSPS) is 19.2. The Labute approximate surface area is 181 Å². The van der Waals surface area contributed by atoms with Crippen molar-refractivity contribution in [2.24, 2.45) is 0 Å². The number of piperazine rings is 1. The van der Waals surface area contributed by atoms with E-state index in [2.05, 4.69) is 33.2 Å². The first kappa shape index (κ1) is 20.0. The zero-order chi connectivity index (χ0) is 21.6. The third-order valence-electron chi connectivity index (χ3n) is 6.55. The van der Waals surface area contributed by atoms with Crippen molar-refractivity contribution >= 4 is 26.7 Å². The number of benzene rings is 1. The molecule has 3 aromatic rings. The van der Waals surface area contributed by atoms with Gasteiger partial charge in [0.2, 0.25) is 10.0 Å². The molecule has 0 atom stereocenters. The second-order valence-electron chi connectivity index (χ2n) is 8.40. The fourth-order valence-electron chi connectivity index (χ4n) is 4.48. The van der Waals surface area contributed by atoms with E-state index in [1.54, 1.807) is 6.20 Å². The van der Waals surface area contributed by atoms with Crippen LogP contribution in [-0.4, -0.2) is 59.9 Å². The van der Waals surface area contributed by atoms with E-state index < -0.39 is 10.0 Å². The molecule has 0 unspecified atom stereocenters. The SMILES string of the molecule is CS(=O)(=O)N1CCN(c2cc(-n3ncc4ccc(C5(C#N)CCC5)cc43)ccn2)CC1. The fourth-order valence-corrected chi connectivity index (χ4v) is 5.30. The molecule has 2 aliphatic rings. The molecule has 8 nitrogen and oxygen atoms in total. The van der Waals surface area contributed by atoms with E-state index in [1.165, 1.54) is 10.6 Å². The number of pyridine rings is 1. The van der Waals surface area contributed by atoms with Gasteiger partial charge in [0, 0.05) is 43.8 Å². The van der Waals surface area contributed by atoms with E-state index in [-0.39, 0.29) is 5.41 Å². The number of nitriles is 1. The Morgan fingerprint density at radius 1 is 1.10 bits per heavy atom. The maximum absolute atomic E-state index is 11.8. The molecule has 9 heteroatoms. The number of nitrogens with zero attached hydrogens (tertiary/aromatic N) is 6. The van der Waals surface area contributed by atoms with Gasteiger partial charge >= 0.3 is 0 Å². The van der Waals surface area contributed by atoms with E-state index in [0.717, 1.165) is 47.2 Å². The molecule has 0 bridgehead atoms. The van der Waals surface area contributed by atoms with Crippen molar-refractivity contribution in [2.45, 2.75) is 24.7 Å². The van der Waals surface area contributed by atoms with Gasteiger partial charge in [-0.3, -0.25) is 0 Å². The van der Waals surface area contributed by atoms with Gasteiger partial charge in [-0.15, -0.1) is 0 Å². The summed E-state index contributed by atoms with van der Waals surface area (Å²) in [6.07, 6.45) is 7.74. The van der Waals surface area contributed by atoms with Crippen molar-refractivity contribution in [3.8, 4) is 11.8 Å². The summed E-state index contributed by atoms with van der Waals surface area (Å²) in [5.74, 6) is 0.804. The lowest BCUT2D eigenvalue weighted by atomic mass is 9.65. The highest BCUT2D eigenvalue weighted by Gasteiger charge is 2.39. The molecule has 2 fully saturated rings. The molecule has 1 saturated heterocycles. The van der Waals surface area contributed by atoms with Crippen LogP contribution in [0.2, 0.25) is 0 Å². The number of rotatable bonds is 4. The monoisotopic (exact) mass is 436 g/mol. The molecule has 1 aromatic carbocycles. The second-order valence-corrected chi connectivity index (χ2v) is 10.4. The number of hydrogen-bond donors (Lipinski definition) is 0. The summed E-state index contributed by atoms with van der Waals surface area (Å²) in [6, 6.07) is 12.6. The average Bonchev–Trinajstić information content (AvgIpc) is 3.16. The molecular formula is C22H24N6O2S. The van der Waals surface area contributed by atoms with Gasteiger partial charge < -0.3 is 4.90 Å². The maximum Gasteiger partial charge on any atom is 0.211 e. The maximum atomic E-state index is 11.8. The van der Waals surface area contributed by atoms with Crippen molar-refractivity contribution in [1.82, 2.24) is 19.1 Å². The first-order valence-electron chi connectivity index (χ1n) is 10.5. The lowest BCUT2D eigenvalue weighted by Crippen LogP contribution is -2.48. The predicted octanol–water partition coefficient (Wildman–Crippen LogP) is 2.45. The fraction of sp³-hybridized carbons (Fsp3) is 0.409. The van der Waals surface area contributed by atoms with Crippen LogP contribution in [0.5, 0.6) is 0 Å². The number of hydrogen-bond acceptors (Lipinski definition) is 6. The van der Waals surface area contributed by atoms with Gasteiger partial charge in [-0.2, -0.15) is 14.7 Å². The summed E-state index contributed by atoms with van der Waals surface area (Å²) in [7, 11) is -3.17. The molecule has 2 aromatic heterocycles. The standard InChI is InChI=1S/C22H24N6O2S/c1-31(29,30)27-11-9-26(10-12-27)21-14-19(5-8-24-21)28-20-13-18(4-3-17(20)15-25-28)22(16-23)6-2-7-22/h3-5,8,13-15H,2,6-7,9-12H2,1H3. The zero-order valence-corrected chi connectivity index (χ0v) is 18.2. The topological polar surface area (TPSA) is 95.1 Å². The third-order valence-corrected chi connectivity index (χ3v) is 7.85. The van der Waals surface area contributed by atoms with Crippen molar-refractivity contribution in [3.05, 3.63) is 48.3 Å². The minimum absolute atomic E-state index is 0.369. The zero-order valence-electron chi connectivity index (χ0n) is 17.4. The van der Waals surface area contributed by atoms with E-state index in [4.69, 9.17) is 0 Å². The Balaban J connectivity index is 1.46. The van der Waals surface area contributed by atoms with E-state index in [1.807, 2.05) is 29.1 Å². The highest BCUT2D eigenvalue weighted by atomic mass is 32.2. The summed E-state index contributed by atoms with van der Waals surface area (Å²) >= 11 is 0. The van der Waals surface area contributed by atoms with E-state index >= 15 is 0 Å². The summed E-state index contributed by atoms with van der Waals surface area (Å²) in [5.41, 5.74) is 2.55. The second kappa shape index (κ2) is 7.32. The Kier molecular flexibility index (Phi) is 4.72. The molecule has 0 N–H and O–H groups in total. The Bertz CT molecular complexity index is 1280. The van der Waals surface area contributed by atoms with Crippen molar-refractivity contribution in [1.29, 1.82) is 5.26 Å². The molecule has 0 radical (unpaired) electrons. The van der Waals surface area contributed by atoms with E-state index in [0.29, 0.717) is 26.2 Å². The van der Waals surface area contributed by atoms with Crippen molar-refractivity contribution in [2.75, 3.05) is 37.3 Å². The molecule has 160 valence electrons. The van der Waals surface area contributed by atoms with Crippen LogP contribution in [0.25, 0.3) is 16.6 Å². The molecule has 31 heavy (non-hydrogen) atoms. The summed E-state index contributed by atoms with van der Waals surface area (Å²) in [5, 5.41) is 15.3. The minimum Gasteiger partial charge on any atom is -0.354 e. The first-order valence-corrected chi connectivity index (χ1v) is 12.3. The quantitative estimate of drug-likeness (QED) is 0.623. The third kappa shape index (κ3) is 3.46. The molecule has 0 spiro atoms. The van der Waals surface area contributed by atoms with Gasteiger partial charge in [0.25, 0.3) is 0 Å². The van der Waals surface area contributed by atoms with Crippen molar-refractivity contribution in [3.63, 3.8) is 0 Å². The first-order chi connectivity index (χ1) is 14.9. The van der Waals surface area contributed by atoms with Gasteiger partial charge in [0.15, 0.2) is 0 Å². The molecule has 0 amide bonds. The van der Waals surface area contributed by atoms with E-state index in [9.17, 15) is 13.7 Å². The summed E-state index contributed by atoms with van der Waals surface area (Å²) in [6.45, 7) is 2.10. The number of aromatic nitrogens is 3. The van der Waals surface area contributed by atoms with Crippen LogP contribution in [0.3, 0.4) is 0 Å².